The van der Waals surface area contributed by atoms with Crippen LogP contribution in [-0.4, -0.2) is 16.6 Å². The Bertz CT molecular complexity index is 546. The topological polar surface area (TPSA) is 47.0 Å². The van der Waals surface area contributed by atoms with Gasteiger partial charge >= 0.3 is 0 Å². The average Bonchev–Trinajstić information content (AvgIpc) is 2.38. The van der Waals surface area contributed by atoms with Crippen LogP contribution in [0.2, 0.25) is 10.2 Å². The van der Waals surface area contributed by atoms with Crippen molar-refractivity contribution in [1.29, 1.82) is 0 Å². The van der Waals surface area contributed by atoms with Crippen LogP contribution < -0.4 is 5.32 Å². The SMILES string of the molecule is CCOCc1nc(Cl)cc(Nc2ccc(Cl)cc2)n1. The maximum absolute atomic E-state index is 5.95. The first-order valence-electron chi connectivity index (χ1n) is 5.81. The molecule has 0 aliphatic rings. The Morgan fingerprint density at radius 3 is 2.58 bits per heavy atom. The van der Waals surface area contributed by atoms with Crippen LogP contribution in [0.15, 0.2) is 30.3 Å². The Hall–Kier alpha value is -1.36. The van der Waals surface area contributed by atoms with E-state index in [1.807, 2.05) is 19.1 Å². The fraction of sp³-hybridized carbons (Fsp3) is 0.231. The third-order valence-electron chi connectivity index (χ3n) is 2.29. The van der Waals surface area contributed by atoms with Gasteiger partial charge in [0.05, 0.1) is 0 Å². The first kappa shape index (κ1) is 14.1. The molecule has 1 aromatic heterocycles. The quantitative estimate of drug-likeness (QED) is 0.845. The molecule has 0 aliphatic heterocycles. The van der Waals surface area contributed by atoms with Gasteiger partial charge in [-0.15, -0.1) is 0 Å². The summed E-state index contributed by atoms with van der Waals surface area (Å²) in [5, 5.41) is 4.20. The van der Waals surface area contributed by atoms with Crippen molar-refractivity contribution in [1.82, 2.24) is 9.97 Å². The molecule has 0 bridgehead atoms. The molecule has 1 N–H and O–H groups in total. The maximum atomic E-state index is 5.95. The summed E-state index contributed by atoms with van der Waals surface area (Å²) < 4.78 is 5.27. The van der Waals surface area contributed by atoms with Crippen LogP contribution in [0.4, 0.5) is 11.5 Å². The van der Waals surface area contributed by atoms with Gasteiger partial charge in [-0.3, -0.25) is 0 Å². The summed E-state index contributed by atoms with van der Waals surface area (Å²) in [5.74, 6) is 1.17. The van der Waals surface area contributed by atoms with E-state index < -0.39 is 0 Å². The number of hydrogen-bond acceptors (Lipinski definition) is 4. The molecule has 19 heavy (non-hydrogen) atoms. The normalized spacial score (nSPS) is 10.5. The Balaban J connectivity index is 2.15. The van der Waals surface area contributed by atoms with E-state index in [0.29, 0.717) is 35.0 Å². The van der Waals surface area contributed by atoms with Crippen LogP contribution >= 0.6 is 23.2 Å². The van der Waals surface area contributed by atoms with Crippen LogP contribution in [0, 0.1) is 0 Å². The Labute approximate surface area is 121 Å². The fourth-order valence-corrected chi connectivity index (χ4v) is 1.79. The van der Waals surface area contributed by atoms with Gasteiger partial charge < -0.3 is 10.1 Å². The van der Waals surface area contributed by atoms with E-state index >= 15 is 0 Å². The zero-order chi connectivity index (χ0) is 13.7. The highest BCUT2D eigenvalue weighted by molar-refractivity contribution is 6.30. The number of nitrogens with zero attached hydrogens (tertiary/aromatic N) is 2. The number of anilines is 2. The molecule has 0 unspecified atom stereocenters. The van der Waals surface area contributed by atoms with E-state index in [1.165, 1.54) is 0 Å². The van der Waals surface area contributed by atoms with Gasteiger partial charge in [-0.05, 0) is 31.2 Å². The lowest BCUT2D eigenvalue weighted by Crippen LogP contribution is -2.02. The lowest BCUT2D eigenvalue weighted by molar-refractivity contribution is 0.128. The minimum absolute atomic E-state index is 0.340. The molecule has 0 amide bonds. The van der Waals surface area contributed by atoms with Crippen molar-refractivity contribution in [3.05, 3.63) is 46.3 Å². The molecule has 0 atom stereocenters. The van der Waals surface area contributed by atoms with Gasteiger partial charge in [-0.25, -0.2) is 9.97 Å². The van der Waals surface area contributed by atoms with Crippen LogP contribution in [-0.2, 0) is 11.3 Å². The number of ether oxygens (including phenoxy) is 1. The molecule has 6 heteroatoms. The fourth-order valence-electron chi connectivity index (χ4n) is 1.47. The number of rotatable bonds is 5. The van der Waals surface area contributed by atoms with Crippen molar-refractivity contribution < 1.29 is 4.74 Å². The molecular weight excluding hydrogens is 285 g/mol. The number of benzene rings is 1. The van der Waals surface area contributed by atoms with Gasteiger partial charge in [0.2, 0.25) is 0 Å². The second-order valence-electron chi connectivity index (χ2n) is 3.76. The van der Waals surface area contributed by atoms with Crippen LogP contribution in [0.1, 0.15) is 12.7 Å². The number of hydrogen-bond donors (Lipinski definition) is 1. The van der Waals surface area contributed by atoms with Gasteiger partial charge in [-0.2, -0.15) is 0 Å². The molecule has 0 radical (unpaired) electrons. The number of halogens is 2. The van der Waals surface area contributed by atoms with E-state index in [9.17, 15) is 0 Å². The third kappa shape index (κ3) is 4.35. The summed E-state index contributed by atoms with van der Waals surface area (Å²) in [6.07, 6.45) is 0. The highest BCUT2D eigenvalue weighted by atomic mass is 35.5. The number of aromatic nitrogens is 2. The molecule has 100 valence electrons. The molecule has 0 spiro atoms. The van der Waals surface area contributed by atoms with Crippen molar-refractivity contribution in [2.75, 3.05) is 11.9 Å². The molecule has 0 aliphatic carbocycles. The molecule has 0 saturated heterocycles. The van der Waals surface area contributed by atoms with E-state index in [0.717, 1.165) is 5.69 Å². The average molecular weight is 298 g/mol. The predicted octanol–water partition coefficient (Wildman–Crippen LogP) is 4.06. The van der Waals surface area contributed by atoms with Crippen molar-refractivity contribution in [3.8, 4) is 0 Å². The zero-order valence-corrected chi connectivity index (χ0v) is 11.9. The molecule has 2 rings (SSSR count). The van der Waals surface area contributed by atoms with Crippen molar-refractivity contribution in [2.24, 2.45) is 0 Å². The minimum atomic E-state index is 0.340. The van der Waals surface area contributed by atoms with E-state index in [2.05, 4.69) is 15.3 Å². The largest absolute Gasteiger partial charge is 0.374 e. The van der Waals surface area contributed by atoms with Gasteiger partial charge in [0.25, 0.3) is 0 Å². The Kier molecular flexibility index (Phi) is 4.96. The molecular formula is C13H13Cl2N3O. The van der Waals surface area contributed by atoms with E-state index in [-0.39, 0.29) is 0 Å². The lowest BCUT2D eigenvalue weighted by Gasteiger charge is -2.08. The summed E-state index contributed by atoms with van der Waals surface area (Å²) in [4.78, 5) is 8.42. The van der Waals surface area contributed by atoms with E-state index in [1.54, 1.807) is 18.2 Å². The monoisotopic (exact) mass is 297 g/mol. The summed E-state index contributed by atoms with van der Waals surface area (Å²) in [6.45, 7) is 2.86. The first-order chi connectivity index (χ1) is 9.17. The molecule has 0 saturated carbocycles. The molecule has 0 fully saturated rings. The highest BCUT2D eigenvalue weighted by Crippen LogP contribution is 2.19. The predicted molar refractivity (Wildman–Crippen MR) is 77.1 cm³/mol. The van der Waals surface area contributed by atoms with Crippen LogP contribution in [0.25, 0.3) is 0 Å². The highest BCUT2D eigenvalue weighted by Gasteiger charge is 2.04. The van der Waals surface area contributed by atoms with E-state index in [4.69, 9.17) is 27.9 Å². The van der Waals surface area contributed by atoms with Gasteiger partial charge in [0.1, 0.15) is 17.6 Å². The van der Waals surface area contributed by atoms with Gasteiger partial charge in [0, 0.05) is 23.4 Å². The van der Waals surface area contributed by atoms with Crippen LogP contribution in [0.5, 0.6) is 0 Å². The summed E-state index contributed by atoms with van der Waals surface area (Å²) in [5.41, 5.74) is 0.876. The third-order valence-corrected chi connectivity index (χ3v) is 2.74. The van der Waals surface area contributed by atoms with Crippen LogP contribution in [0.3, 0.4) is 0 Å². The second-order valence-corrected chi connectivity index (χ2v) is 4.58. The Morgan fingerprint density at radius 1 is 1.16 bits per heavy atom. The van der Waals surface area contributed by atoms with Gasteiger partial charge in [-0.1, -0.05) is 23.2 Å². The lowest BCUT2D eigenvalue weighted by atomic mass is 10.3. The van der Waals surface area contributed by atoms with Crippen molar-refractivity contribution in [3.63, 3.8) is 0 Å². The Morgan fingerprint density at radius 2 is 1.89 bits per heavy atom. The standard InChI is InChI=1S/C13H13Cl2N3O/c1-2-19-8-13-17-11(15)7-12(18-13)16-10-5-3-9(14)4-6-10/h3-7H,2,8H2,1H3,(H,16,17,18). The van der Waals surface area contributed by atoms with Gasteiger partial charge in [0.15, 0.2) is 5.82 Å². The number of nitrogens with one attached hydrogen (secondary N) is 1. The minimum Gasteiger partial charge on any atom is -0.374 e. The summed E-state index contributed by atoms with van der Waals surface area (Å²) >= 11 is 11.8. The molecule has 1 heterocycles. The molecule has 4 nitrogen and oxygen atoms in total. The van der Waals surface area contributed by atoms with Crippen molar-refractivity contribution >= 4 is 34.7 Å². The zero-order valence-electron chi connectivity index (χ0n) is 10.4. The summed E-state index contributed by atoms with van der Waals surface area (Å²) in [6, 6.07) is 8.98. The van der Waals surface area contributed by atoms with Crippen molar-refractivity contribution in [2.45, 2.75) is 13.5 Å². The molecule has 1 aromatic carbocycles. The summed E-state index contributed by atoms with van der Waals surface area (Å²) in [7, 11) is 0. The second kappa shape index (κ2) is 6.70. The maximum Gasteiger partial charge on any atom is 0.158 e. The smallest absolute Gasteiger partial charge is 0.158 e. The first-order valence-corrected chi connectivity index (χ1v) is 6.57. The molecule has 2 aromatic rings.